The van der Waals surface area contributed by atoms with Gasteiger partial charge >= 0.3 is 0 Å². The van der Waals surface area contributed by atoms with Crippen LogP contribution in [-0.4, -0.2) is 24.0 Å². The Morgan fingerprint density at radius 1 is 1.20 bits per heavy atom. The van der Waals surface area contributed by atoms with Crippen molar-refractivity contribution in [1.82, 2.24) is 4.90 Å². The van der Waals surface area contributed by atoms with Gasteiger partial charge in [-0.2, -0.15) is 0 Å². The van der Waals surface area contributed by atoms with Crippen molar-refractivity contribution >= 4 is 0 Å². The number of likely N-dealkylation sites (tertiary alicyclic amines) is 1. The molecule has 0 saturated carbocycles. The van der Waals surface area contributed by atoms with E-state index in [1.165, 1.54) is 11.1 Å². The second-order valence-electron chi connectivity index (χ2n) is 8.04. The average Bonchev–Trinajstić information content (AvgIpc) is 2.33. The molecular weight excluding hydrogens is 244 g/mol. The molecular formula is C18H30N2. The van der Waals surface area contributed by atoms with Crippen molar-refractivity contribution in [3.8, 4) is 0 Å². The second-order valence-corrected chi connectivity index (χ2v) is 8.04. The van der Waals surface area contributed by atoms with Crippen LogP contribution in [0.2, 0.25) is 0 Å². The van der Waals surface area contributed by atoms with Gasteiger partial charge in [-0.1, -0.05) is 58.9 Å². The van der Waals surface area contributed by atoms with E-state index in [2.05, 4.69) is 63.8 Å². The molecule has 1 aliphatic rings. The Labute approximate surface area is 124 Å². The molecule has 1 aromatic carbocycles. The quantitative estimate of drug-likeness (QED) is 0.893. The van der Waals surface area contributed by atoms with Crippen LogP contribution in [0.3, 0.4) is 0 Å². The zero-order valence-electron chi connectivity index (χ0n) is 13.7. The monoisotopic (exact) mass is 274 g/mol. The molecule has 1 aliphatic heterocycles. The Kier molecular flexibility index (Phi) is 4.27. The lowest BCUT2D eigenvalue weighted by Gasteiger charge is -2.42. The largest absolute Gasteiger partial charge is 0.327 e. The lowest BCUT2D eigenvalue weighted by molar-refractivity contribution is 0.0899. The van der Waals surface area contributed by atoms with Crippen LogP contribution in [0.15, 0.2) is 24.3 Å². The first-order chi connectivity index (χ1) is 9.18. The number of nitrogens with zero attached hydrogens (tertiary/aromatic N) is 1. The predicted molar refractivity (Wildman–Crippen MR) is 86.8 cm³/mol. The fourth-order valence-corrected chi connectivity index (χ4v) is 2.99. The van der Waals surface area contributed by atoms with Crippen molar-refractivity contribution in [2.75, 3.05) is 13.1 Å². The summed E-state index contributed by atoms with van der Waals surface area (Å²) in [6.45, 7) is 14.6. The zero-order chi connectivity index (χ0) is 15.0. The first-order valence-corrected chi connectivity index (χ1v) is 7.76. The van der Waals surface area contributed by atoms with Crippen LogP contribution in [0.5, 0.6) is 0 Å². The van der Waals surface area contributed by atoms with E-state index in [1.54, 1.807) is 0 Å². The van der Waals surface area contributed by atoms with Crippen LogP contribution in [0.4, 0.5) is 0 Å². The van der Waals surface area contributed by atoms with E-state index in [4.69, 9.17) is 5.73 Å². The minimum atomic E-state index is 0.226. The molecule has 2 nitrogen and oxygen atoms in total. The number of hydrogen-bond acceptors (Lipinski definition) is 2. The Hall–Kier alpha value is -0.860. The van der Waals surface area contributed by atoms with E-state index in [9.17, 15) is 0 Å². The first-order valence-electron chi connectivity index (χ1n) is 7.76. The molecule has 0 amide bonds. The van der Waals surface area contributed by atoms with Gasteiger partial charge in [0.15, 0.2) is 0 Å². The maximum absolute atomic E-state index is 6.21. The summed E-state index contributed by atoms with van der Waals surface area (Å²) < 4.78 is 0. The third-order valence-corrected chi connectivity index (χ3v) is 4.62. The minimum absolute atomic E-state index is 0.226. The van der Waals surface area contributed by atoms with Gasteiger partial charge in [0.25, 0.3) is 0 Å². The van der Waals surface area contributed by atoms with Crippen LogP contribution in [0.1, 0.15) is 52.2 Å². The molecule has 1 aromatic rings. The van der Waals surface area contributed by atoms with Crippen molar-refractivity contribution in [3.05, 3.63) is 35.4 Å². The van der Waals surface area contributed by atoms with Crippen molar-refractivity contribution in [3.63, 3.8) is 0 Å². The Morgan fingerprint density at radius 2 is 1.80 bits per heavy atom. The SMILES string of the molecule is CC(C)(C)c1ccc(CN2CCC(N)C(C)(C)C2)cc1. The summed E-state index contributed by atoms with van der Waals surface area (Å²) in [6, 6.07) is 9.44. The van der Waals surface area contributed by atoms with Crippen LogP contribution >= 0.6 is 0 Å². The molecule has 0 radical (unpaired) electrons. The van der Waals surface area contributed by atoms with E-state index in [0.29, 0.717) is 6.04 Å². The van der Waals surface area contributed by atoms with Crippen molar-refractivity contribution in [2.24, 2.45) is 11.1 Å². The van der Waals surface area contributed by atoms with Gasteiger partial charge in [-0.05, 0) is 28.4 Å². The summed E-state index contributed by atoms with van der Waals surface area (Å²) >= 11 is 0. The van der Waals surface area contributed by atoms with Gasteiger partial charge in [0, 0.05) is 25.7 Å². The number of rotatable bonds is 2. The van der Waals surface area contributed by atoms with Crippen molar-refractivity contribution in [2.45, 2.75) is 59.0 Å². The summed E-state index contributed by atoms with van der Waals surface area (Å²) in [7, 11) is 0. The summed E-state index contributed by atoms with van der Waals surface area (Å²) in [5.41, 5.74) is 9.48. The molecule has 0 aromatic heterocycles. The highest BCUT2D eigenvalue weighted by Crippen LogP contribution is 2.29. The van der Waals surface area contributed by atoms with Gasteiger partial charge < -0.3 is 5.73 Å². The number of nitrogens with two attached hydrogens (primary N) is 1. The second kappa shape index (κ2) is 5.50. The van der Waals surface area contributed by atoms with Crippen molar-refractivity contribution < 1.29 is 0 Å². The lowest BCUT2D eigenvalue weighted by Crippen LogP contribution is -2.52. The molecule has 0 bridgehead atoms. The molecule has 1 atom stereocenters. The van der Waals surface area contributed by atoms with Crippen LogP contribution in [-0.2, 0) is 12.0 Å². The fraction of sp³-hybridized carbons (Fsp3) is 0.667. The smallest absolute Gasteiger partial charge is 0.0233 e. The van der Waals surface area contributed by atoms with E-state index >= 15 is 0 Å². The maximum atomic E-state index is 6.21. The molecule has 112 valence electrons. The Morgan fingerprint density at radius 3 is 2.30 bits per heavy atom. The van der Waals surface area contributed by atoms with Gasteiger partial charge in [0.2, 0.25) is 0 Å². The normalized spacial score (nSPS) is 23.8. The van der Waals surface area contributed by atoms with Gasteiger partial charge in [-0.15, -0.1) is 0 Å². The molecule has 1 unspecified atom stereocenters. The molecule has 1 saturated heterocycles. The van der Waals surface area contributed by atoms with E-state index in [1.807, 2.05) is 0 Å². The summed E-state index contributed by atoms with van der Waals surface area (Å²) in [5.74, 6) is 0. The molecule has 0 spiro atoms. The standard InChI is InChI=1S/C18H30N2/c1-17(2,3)15-8-6-14(7-9-15)12-20-11-10-16(19)18(4,5)13-20/h6-9,16H,10-13,19H2,1-5H3. The topological polar surface area (TPSA) is 29.3 Å². The molecule has 1 heterocycles. The molecule has 20 heavy (non-hydrogen) atoms. The molecule has 1 fully saturated rings. The van der Waals surface area contributed by atoms with Crippen molar-refractivity contribution in [1.29, 1.82) is 0 Å². The van der Waals surface area contributed by atoms with Gasteiger partial charge in [-0.3, -0.25) is 4.90 Å². The highest BCUT2D eigenvalue weighted by molar-refractivity contribution is 5.27. The van der Waals surface area contributed by atoms with Gasteiger partial charge in [0.05, 0.1) is 0 Å². The van der Waals surface area contributed by atoms with Crippen LogP contribution in [0.25, 0.3) is 0 Å². The average molecular weight is 274 g/mol. The van der Waals surface area contributed by atoms with E-state index in [-0.39, 0.29) is 10.8 Å². The fourth-order valence-electron chi connectivity index (χ4n) is 2.99. The third kappa shape index (κ3) is 3.62. The van der Waals surface area contributed by atoms with Crippen LogP contribution in [0, 0.1) is 5.41 Å². The predicted octanol–water partition coefficient (Wildman–Crippen LogP) is 3.54. The first kappa shape index (κ1) is 15.5. The molecule has 2 N–H and O–H groups in total. The van der Waals surface area contributed by atoms with Gasteiger partial charge in [-0.25, -0.2) is 0 Å². The molecule has 2 heteroatoms. The summed E-state index contributed by atoms with van der Waals surface area (Å²) in [4.78, 5) is 2.54. The zero-order valence-corrected chi connectivity index (χ0v) is 13.7. The van der Waals surface area contributed by atoms with Gasteiger partial charge in [0.1, 0.15) is 0 Å². The number of piperidine rings is 1. The molecule has 2 rings (SSSR count). The third-order valence-electron chi connectivity index (χ3n) is 4.62. The minimum Gasteiger partial charge on any atom is -0.327 e. The summed E-state index contributed by atoms with van der Waals surface area (Å²) in [5, 5.41) is 0. The maximum Gasteiger partial charge on any atom is 0.0233 e. The number of hydrogen-bond donors (Lipinski definition) is 1. The highest BCUT2D eigenvalue weighted by atomic mass is 15.1. The number of benzene rings is 1. The Balaban J connectivity index is 2.01. The lowest BCUT2D eigenvalue weighted by atomic mass is 9.79. The Bertz CT molecular complexity index is 439. The van der Waals surface area contributed by atoms with E-state index < -0.39 is 0 Å². The van der Waals surface area contributed by atoms with Crippen LogP contribution < -0.4 is 5.73 Å². The highest BCUT2D eigenvalue weighted by Gasteiger charge is 2.33. The summed E-state index contributed by atoms with van der Waals surface area (Å²) in [6.07, 6.45) is 1.10. The molecule has 0 aliphatic carbocycles. The van der Waals surface area contributed by atoms with E-state index in [0.717, 1.165) is 26.1 Å².